The second-order valence-corrected chi connectivity index (χ2v) is 7.95. The molecule has 1 saturated heterocycles. The first kappa shape index (κ1) is 25.1. The summed E-state index contributed by atoms with van der Waals surface area (Å²) in [5.41, 5.74) is 0.733. The van der Waals surface area contributed by atoms with E-state index in [0.717, 1.165) is 0 Å². The van der Waals surface area contributed by atoms with Crippen molar-refractivity contribution in [1.82, 2.24) is 9.80 Å². The molecule has 3 amide bonds. The molecule has 1 heterocycles. The Morgan fingerprint density at radius 1 is 1.12 bits per heavy atom. The van der Waals surface area contributed by atoms with Crippen LogP contribution in [0.5, 0.6) is 11.5 Å². The summed E-state index contributed by atoms with van der Waals surface area (Å²) in [4.78, 5) is 39.8. The van der Waals surface area contributed by atoms with Gasteiger partial charge in [-0.3, -0.25) is 24.2 Å². The Balaban J connectivity index is 1.82. The summed E-state index contributed by atoms with van der Waals surface area (Å²) in [5, 5.41) is 2.79. The monoisotopic (exact) mass is 505 g/mol. The van der Waals surface area contributed by atoms with Crippen molar-refractivity contribution in [3.05, 3.63) is 58.4 Å². The Morgan fingerprint density at radius 3 is 2.32 bits per heavy atom. The Morgan fingerprint density at radius 2 is 1.74 bits per heavy atom. The maximum Gasteiger partial charge on any atom is 0.265 e. The number of hydrogen-bond acceptors (Lipinski definition) is 6. The number of nitrogens with one attached hydrogen (secondary N) is 1. The van der Waals surface area contributed by atoms with Crippen LogP contribution in [0.3, 0.4) is 0 Å². The smallest absolute Gasteiger partial charge is 0.265 e. The van der Waals surface area contributed by atoms with Gasteiger partial charge in [0.25, 0.3) is 17.7 Å². The Hall–Kier alpha value is -3.50. The van der Waals surface area contributed by atoms with Crippen LogP contribution in [0.4, 0.5) is 10.1 Å². The van der Waals surface area contributed by atoms with E-state index in [4.69, 9.17) is 33.3 Å². The third-order valence-electron chi connectivity index (χ3n) is 4.76. The molecule has 2 aromatic rings. The molecule has 0 aliphatic carbocycles. The van der Waals surface area contributed by atoms with E-state index in [1.165, 1.54) is 60.3 Å². The van der Waals surface area contributed by atoms with Gasteiger partial charge in [-0.2, -0.15) is 0 Å². The van der Waals surface area contributed by atoms with Crippen LogP contribution in [-0.2, 0) is 14.4 Å². The SMILES string of the molecule is CCOc1cc(C=C2C(=O)N(C)C(=S)N(C)C2=O)cc(Cl)c1OCC(=O)Nc1ccc(F)cc1. The lowest BCUT2D eigenvalue weighted by Crippen LogP contribution is -2.52. The molecule has 11 heteroatoms. The zero-order valence-electron chi connectivity index (χ0n) is 18.6. The first-order valence-corrected chi connectivity index (χ1v) is 10.9. The number of carbonyl (C=O) groups excluding carboxylic acids is 3. The lowest BCUT2D eigenvalue weighted by Gasteiger charge is -2.31. The van der Waals surface area contributed by atoms with Gasteiger partial charge in [-0.25, -0.2) is 4.39 Å². The van der Waals surface area contributed by atoms with Crippen molar-refractivity contribution < 1.29 is 28.2 Å². The number of likely N-dealkylation sites (N-methyl/N-ethyl adjacent to an activating group) is 2. The molecule has 0 unspecified atom stereocenters. The van der Waals surface area contributed by atoms with Crippen molar-refractivity contribution in [1.29, 1.82) is 0 Å². The quantitative estimate of drug-likeness (QED) is 0.352. The predicted octanol–water partition coefficient (Wildman–Crippen LogP) is 3.49. The van der Waals surface area contributed by atoms with Crippen molar-refractivity contribution >= 4 is 58.4 Å². The molecule has 1 fully saturated rings. The summed E-state index contributed by atoms with van der Waals surface area (Å²) in [7, 11) is 2.96. The van der Waals surface area contributed by atoms with Crippen molar-refractivity contribution in [2.45, 2.75) is 6.92 Å². The number of hydrogen-bond donors (Lipinski definition) is 1. The van der Waals surface area contributed by atoms with Crippen LogP contribution in [0, 0.1) is 5.82 Å². The first-order valence-electron chi connectivity index (χ1n) is 10.1. The van der Waals surface area contributed by atoms with Crippen LogP contribution >= 0.6 is 23.8 Å². The number of benzene rings is 2. The van der Waals surface area contributed by atoms with Crippen LogP contribution in [-0.4, -0.2) is 59.9 Å². The first-order chi connectivity index (χ1) is 16.1. The molecule has 1 aliphatic rings. The number of amides is 3. The minimum atomic E-state index is -0.542. The van der Waals surface area contributed by atoms with E-state index in [2.05, 4.69) is 5.32 Å². The highest BCUT2D eigenvalue weighted by Crippen LogP contribution is 2.37. The second-order valence-electron chi connectivity index (χ2n) is 7.18. The number of rotatable bonds is 7. The molecule has 0 bridgehead atoms. The van der Waals surface area contributed by atoms with Gasteiger partial charge in [-0.1, -0.05) is 11.6 Å². The van der Waals surface area contributed by atoms with Crippen LogP contribution in [0.25, 0.3) is 6.08 Å². The highest BCUT2D eigenvalue weighted by Gasteiger charge is 2.35. The molecule has 1 aliphatic heterocycles. The molecule has 0 spiro atoms. The third-order valence-corrected chi connectivity index (χ3v) is 5.59. The van der Waals surface area contributed by atoms with Crippen molar-refractivity contribution in [2.24, 2.45) is 0 Å². The van der Waals surface area contributed by atoms with E-state index >= 15 is 0 Å². The van der Waals surface area contributed by atoms with Crippen LogP contribution in [0.15, 0.2) is 42.0 Å². The van der Waals surface area contributed by atoms with Gasteiger partial charge in [0.1, 0.15) is 11.4 Å². The van der Waals surface area contributed by atoms with Gasteiger partial charge >= 0.3 is 0 Å². The Kier molecular flexibility index (Phi) is 7.85. The molecule has 0 atom stereocenters. The van der Waals surface area contributed by atoms with E-state index in [-0.39, 0.29) is 40.4 Å². The molecule has 0 saturated carbocycles. The lowest BCUT2D eigenvalue weighted by molar-refractivity contribution is -0.132. The molecule has 1 N–H and O–H groups in total. The fourth-order valence-corrected chi connectivity index (χ4v) is 3.52. The van der Waals surface area contributed by atoms with Gasteiger partial charge in [0.05, 0.1) is 11.6 Å². The van der Waals surface area contributed by atoms with Crippen LogP contribution < -0.4 is 14.8 Å². The van der Waals surface area contributed by atoms with Crippen molar-refractivity contribution in [3.8, 4) is 11.5 Å². The average molecular weight is 506 g/mol. The molecule has 8 nitrogen and oxygen atoms in total. The highest BCUT2D eigenvalue weighted by atomic mass is 35.5. The van der Waals surface area contributed by atoms with Gasteiger partial charge in [-0.15, -0.1) is 0 Å². The van der Waals surface area contributed by atoms with E-state index in [0.29, 0.717) is 11.3 Å². The zero-order valence-corrected chi connectivity index (χ0v) is 20.1. The van der Waals surface area contributed by atoms with Crippen molar-refractivity contribution in [3.63, 3.8) is 0 Å². The maximum atomic E-state index is 13.0. The summed E-state index contributed by atoms with van der Waals surface area (Å²) in [6.45, 7) is 1.64. The Bertz CT molecular complexity index is 1160. The molecular weight excluding hydrogens is 485 g/mol. The van der Waals surface area contributed by atoms with Gasteiger partial charge in [-0.05, 0) is 67.2 Å². The number of halogens is 2. The molecular formula is C23H21ClFN3O5S. The largest absolute Gasteiger partial charge is 0.490 e. The molecule has 0 aromatic heterocycles. The lowest BCUT2D eigenvalue weighted by atomic mass is 10.1. The molecule has 3 rings (SSSR count). The average Bonchev–Trinajstić information content (AvgIpc) is 2.80. The fraction of sp³-hybridized carbons (Fsp3) is 0.217. The summed E-state index contributed by atoms with van der Waals surface area (Å²) in [6.07, 6.45) is 1.39. The number of ether oxygens (including phenoxy) is 2. The number of thiocarbonyl (C=S) groups is 1. The normalized spacial score (nSPS) is 13.8. The molecule has 0 radical (unpaired) electrons. The molecule has 2 aromatic carbocycles. The topological polar surface area (TPSA) is 88.2 Å². The minimum Gasteiger partial charge on any atom is -0.490 e. The van der Waals surface area contributed by atoms with Gasteiger partial charge in [0.2, 0.25) is 0 Å². The summed E-state index contributed by atoms with van der Waals surface area (Å²) < 4.78 is 24.2. The highest BCUT2D eigenvalue weighted by molar-refractivity contribution is 7.80. The minimum absolute atomic E-state index is 0.0931. The number of anilines is 1. The van der Waals surface area contributed by atoms with Crippen LogP contribution in [0.1, 0.15) is 12.5 Å². The van der Waals surface area contributed by atoms with E-state index in [9.17, 15) is 18.8 Å². The predicted molar refractivity (Wildman–Crippen MR) is 129 cm³/mol. The van der Waals surface area contributed by atoms with E-state index in [1.807, 2.05) is 0 Å². The van der Waals surface area contributed by atoms with E-state index < -0.39 is 23.5 Å². The molecule has 178 valence electrons. The van der Waals surface area contributed by atoms with Crippen LogP contribution in [0.2, 0.25) is 5.02 Å². The molecule has 34 heavy (non-hydrogen) atoms. The second kappa shape index (κ2) is 10.6. The van der Waals surface area contributed by atoms with Gasteiger partial charge in [0.15, 0.2) is 23.2 Å². The zero-order chi connectivity index (χ0) is 25.0. The van der Waals surface area contributed by atoms with Gasteiger partial charge in [0, 0.05) is 19.8 Å². The van der Waals surface area contributed by atoms with Gasteiger partial charge < -0.3 is 14.8 Å². The van der Waals surface area contributed by atoms with Crippen molar-refractivity contribution in [2.75, 3.05) is 32.6 Å². The number of nitrogens with zero attached hydrogens (tertiary/aromatic N) is 2. The maximum absolute atomic E-state index is 13.0. The standard InChI is InChI=1S/C23H21ClFN3O5S/c1-4-32-18-11-13(9-16-21(30)27(2)23(34)28(3)22(16)31)10-17(24)20(18)33-12-19(29)26-15-7-5-14(25)6-8-15/h5-11H,4,12H2,1-3H3,(H,26,29). The Labute approximate surface area is 205 Å². The number of carbonyl (C=O) groups is 3. The fourth-order valence-electron chi connectivity index (χ4n) is 3.08. The summed E-state index contributed by atoms with van der Waals surface area (Å²) >= 11 is 11.5. The van der Waals surface area contributed by atoms with E-state index in [1.54, 1.807) is 13.0 Å². The summed E-state index contributed by atoms with van der Waals surface area (Å²) in [5.74, 6) is -1.65. The summed E-state index contributed by atoms with van der Waals surface area (Å²) in [6, 6.07) is 8.31. The third kappa shape index (κ3) is 5.52.